The lowest BCUT2D eigenvalue weighted by molar-refractivity contribution is -0.292. The Labute approximate surface area is 87.3 Å². The second-order valence-corrected chi connectivity index (χ2v) is 3.19. The molecule has 0 saturated carbocycles. The molecule has 1 aliphatic heterocycles. The highest BCUT2D eigenvalue weighted by Gasteiger charge is 2.44. The van der Waals surface area contributed by atoms with Crippen molar-refractivity contribution < 1.29 is 36.1 Å². The van der Waals surface area contributed by atoms with Gasteiger partial charge in [0.25, 0.3) is 0 Å². The van der Waals surface area contributed by atoms with Crippen molar-refractivity contribution in [2.24, 2.45) is 0 Å². The molecule has 0 aromatic heterocycles. The van der Waals surface area contributed by atoms with Gasteiger partial charge in [-0.05, 0) is 0 Å². The summed E-state index contributed by atoms with van der Waals surface area (Å²) in [6, 6.07) is 0. The molecule has 0 amide bonds. The lowest BCUT2D eigenvalue weighted by Gasteiger charge is -2.38. The van der Waals surface area contributed by atoms with E-state index in [1.165, 1.54) is 0 Å². The van der Waals surface area contributed by atoms with E-state index >= 15 is 0 Å². The molecule has 1 heterocycles. The number of aliphatic hydroxyl groups excluding tert-OH is 4. The molecule has 15 heavy (non-hydrogen) atoms. The van der Waals surface area contributed by atoms with Gasteiger partial charge in [0, 0.05) is 8.27 Å². The highest BCUT2D eigenvalue weighted by molar-refractivity contribution is 5.66. The van der Waals surface area contributed by atoms with Gasteiger partial charge in [-0.25, -0.2) is 0 Å². The van der Waals surface area contributed by atoms with E-state index in [9.17, 15) is 20.1 Å². The molecule has 0 aliphatic carbocycles. The Balaban J connectivity index is 2.67. The summed E-state index contributed by atoms with van der Waals surface area (Å²) in [6.45, 7) is -1.26. The van der Waals surface area contributed by atoms with E-state index in [1.54, 1.807) is 0 Å². The van der Waals surface area contributed by atoms with Crippen LogP contribution < -0.4 is 0 Å². The Bertz CT molecular complexity index is 247. The SMILES string of the molecule is [2H]CC(=O)OC1O[C@H](CO)[C@H](O)[C@H](O)[C@H]1O. The summed E-state index contributed by atoms with van der Waals surface area (Å²) < 4.78 is 16.1. The van der Waals surface area contributed by atoms with Crippen molar-refractivity contribution in [2.75, 3.05) is 6.61 Å². The van der Waals surface area contributed by atoms with Crippen LogP contribution in [0.25, 0.3) is 0 Å². The second kappa shape index (κ2) is 4.86. The van der Waals surface area contributed by atoms with Crippen LogP contribution in [0.15, 0.2) is 0 Å². The van der Waals surface area contributed by atoms with Gasteiger partial charge in [0.15, 0.2) is 0 Å². The van der Waals surface area contributed by atoms with Crippen LogP contribution in [0.3, 0.4) is 0 Å². The van der Waals surface area contributed by atoms with Gasteiger partial charge in [0.2, 0.25) is 6.29 Å². The summed E-state index contributed by atoms with van der Waals surface area (Å²) in [5, 5.41) is 36.9. The lowest BCUT2D eigenvalue weighted by atomic mass is 9.99. The fourth-order valence-electron chi connectivity index (χ4n) is 1.29. The van der Waals surface area contributed by atoms with Gasteiger partial charge < -0.3 is 29.9 Å². The second-order valence-electron chi connectivity index (χ2n) is 3.19. The van der Waals surface area contributed by atoms with Crippen LogP contribution in [0.2, 0.25) is 0 Å². The van der Waals surface area contributed by atoms with Crippen LogP contribution in [-0.4, -0.2) is 63.7 Å². The van der Waals surface area contributed by atoms with Crippen molar-refractivity contribution in [1.29, 1.82) is 0 Å². The summed E-state index contributed by atoms with van der Waals surface area (Å²) in [6.07, 6.45) is -7.32. The van der Waals surface area contributed by atoms with Crippen molar-refractivity contribution in [1.82, 2.24) is 0 Å². The van der Waals surface area contributed by atoms with Crippen LogP contribution in [0.5, 0.6) is 0 Å². The Morgan fingerprint density at radius 3 is 2.60 bits per heavy atom. The van der Waals surface area contributed by atoms with E-state index in [0.29, 0.717) is 0 Å². The first-order chi connectivity index (χ1) is 7.51. The molecule has 0 radical (unpaired) electrons. The molecule has 0 aromatic rings. The fourth-order valence-corrected chi connectivity index (χ4v) is 1.29. The molecular weight excluding hydrogens is 208 g/mol. The van der Waals surface area contributed by atoms with Gasteiger partial charge in [0.05, 0.1) is 6.61 Å². The predicted octanol–water partition coefficient (Wildman–Crippen LogP) is -2.65. The molecule has 0 bridgehead atoms. The van der Waals surface area contributed by atoms with E-state index in [1.807, 2.05) is 0 Å². The minimum absolute atomic E-state index is 0.597. The minimum Gasteiger partial charge on any atom is -0.433 e. The van der Waals surface area contributed by atoms with Gasteiger partial charge >= 0.3 is 5.97 Å². The number of rotatable bonds is 2. The number of carbonyl (C=O) groups excluding carboxylic acids is 1. The van der Waals surface area contributed by atoms with Crippen molar-refractivity contribution in [3.05, 3.63) is 0 Å². The molecular formula is C8H14O7. The smallest absolute Gasteiger partial charge is 0.305 e. The van der Waals surface area contributed by atoms with Crippen molar-refractivity contribution in [3.63, 3.8) is 0 Å². The van der Waals surface area contributed by atoms with Crippen LogP contribution in [0, 0.1) is 0 Å². The van der Waals surface area contributed by atoms with Crippen LogP contribution in [-0.2, 0) is 14.3 Å². The number of hydrogen-bond donors (Lipinski definition) is 4. The molecule has 0 aromatic carbocycles. The van der Waals surface area contributed by atoms with E-state index < -0.39 is 50.2 Å². The molecule has 1 saturated heterocycles. The van der Waals surface area contributed by atoms with E-state index in [-0.39, 0.29) is 0 Å². The molecule has 4 N–H and O–H groups in total. The molecule has 1 aliphatic rings. The number of carbonyl (C=O) groups is 1. The Morgan fingerprint density at radius 2 is 2.07 bits per heavy atom. The minimum atomic E-state index is -1.62. The van der Waals surface area contributed by atoms with Crippen LogP contribution >= 0.6 is 0 Å². The third kappa shape index (κ3) is 2.64. The predicted molar refractivity (Wildman–Crippen MR) is 45.5 cm³/mol. The molecule has 88 valence electrons. The Kier molecular flexibility index (Phi) is 3.49. The van der Waals surface area contributed by atoms with Crippen LogP contribution in [0.4, 0.5) is 0 Å². The number of hydrogen-bond acceptors (Lipinski definition) is 7. The first-order valence-corrected chi connectivity index (χ1v) is 4.30. The highest BCUT2D eigenvalue weighted by Crippen LogP contribution is 2.21. The average Bonchev–Trinajstić information content (AvgIpc) is 2.29. The molecule has 1 unspecified atom stereocenters. The normalized spacial score (nSPS) is 42.1. The summed E-state index contributed by atoms with van der Waals surface area (Å²) in [5.41, 5.74) is 0. The van der Waals surface area contributed by atoms with Gasteiger partial charge in [-0.2, -0.15) is 0 Å². The van der Waals surface area contributed by atoms with Crippen molar-refractivity contribution in [3.8, 4) is 0 Å². The van der Waals surface area contributed by atoms with Crippen molar-refractivity contribution >= 4 is 5.97 Å². The molecule has 5 atom stereocenters. The maximum Gasteiger partial charge on any atom is 0.305 e. The lowest BCUT2D eigenvalue weighted by Crippen LogP contribution is -2.59. The Morgan fingerprint density at radius 1 is 1.40 bits per heavy atom. The maximum atomic E-state index is 10.8. The van der Waals surface area contributed by atoms with Gasteiger partial charge in [-0.1, -0.05) is 0 Å². The van der Waals surface area contributed by atoms with E-state index in [4.69, 9.17) is 11.2 Å². The zero-order valence-corrected chi connectivity index (χ0v) is 7.81. The topological polar surface area (TPSA) is 116 Å². The zero-order chi connectivity index (χ0) is 12.3. The van der Waals surface area contributed by atoms with Crippen molar-refractivity contribution in [2.45, 2.75) is 37.6 Å². The van der Waals surface area contributed by atoms with Crippen LogP contribution in [0.1, 0.15) is 8.27 Å². The molecule has 1 fully saturated rings. The summed E-state index contributed by atoms with van der Waals surface area (Å²) in [4.78, 5) is 10.8. The maximum absolute atomic E-state index is 10.8. The quantitative estimate of drug-likeness (QED) is 0.378. The number of ether oxygens (including phenoxy) is 2. The molecule has 1 rings (SSSR count). The number of esters is 1. The largest absolute Gasteiger partial charge is 0.433 e. The molecule has 7 heteroatoms. The zero-order valence-electron chi connectivity index (χ0n) is 8.81. The molecule has 0 spiro atoms. The summed E-state index contributed by atoms with van der Waals surface area (Å²) >= 11 is 0. The fraction of sp³-hybridized carbons (Fsp3) is 0.875. The first-order valence-electron chi connectivity index (χ1n) is 5.01. The van der Waals surface area contributed by atoms with E-state index in [0.717, 1.165) is 0 Å². The van der Waals surface area contributed by atoms with Gasteiger partial charge in [0.1, 0.15) is 24.4 Å². The summed E-state index contributed by atoms with van der Waals surface area (Å²) in [5.74, 6) is -0.940. The van der Waals surface area contributed by atoms with Gasteiger partial charge in [-0.3, -0.25) is 4.79 Å². The number of aliphatic hydroxyl groups is 4. The molecule has 7 nitrogen and oxygen atoms in total. The standard InChI is InChI=1S/C8H14O7/c1-3(10)14-8-7(13)6(12)5(11)4(2-9)15-8/h4-9,11-13H,2H2,1H3/t4-,5+,6+,7-,8?/m1/s1/i1D. The van der Waals surface area contributed by atoms with E-state index in [2.05, 4.69) is 4.74 Å². The monoisotopic (exact) mass is 223 g/mol. The average molecular weight is 223 g/mol. The van der Waals surface area contributed by atoms with Gasteiger partial charge in [-0.15, -0.1) is 0 Å². The highest BCUT2D eigenvalue weighted by atomic mass is 16.7. The summed E-state index contributed by atoms with van der Waals surface area (Å²) in [7, 11) is 0. The third-order valence-electron chi connectivity index (χ3n) is 2.10. The third-order valence-corrected chi connectivity index (χ3v) is 2.10. The Hall–Kier alpha value is -0.730. The first kappa shape index (κ1) is 10.8.